The summed E-state index contributed by atoms with van der Waals surface area (Å²) < 4.78 is 0.899. The first-order chi connectivity index (χ1) is 7.13. The highest BCUT2D eigenvalue weighted by Crippen LogP contribution is 2.10. The highest BCUT2D eigenvalue weighted by Gasteiger charge is 2.04. The van der Waals surface area contributed by atoms with E-state index in [0.717, 1.165) is 4.47 Å². The minimum Gasteiger partial charge on any atom is -0.409 e. The van der Waals surface area contributed by atoms with Gasteiger partial charge in [0.2, 0.25) is 0 Å². The largest absolute Gasteiger partial charge is 0.409 e. The molecule has 0 bridgehead atoms. The van der Waals surface area contributed by atoms with Crippen LogP contribution < -0.4 is 11.1 Å². The zero-order valence-corrected chi connectivity index (χ0v) is 9.36. The number of hydrogen-bond donors (Lipinski definition) is 3. The van der Waals surface area contributed by atoms with E-state index in [1.165, 1.54) is 0 Å². The Balaban J connectivity index is 2.58. The number of nitrogens with one attached hydrogen (secondary N) is 1. The molecule has 15 heavy (non-hydrogen) atoms. The van der Waals surface area contributed by atoms with Crippen LogP contribution in [0.4, 0.5) is 0 Å². The van der Waals surface area contributed by atoms with Gasteiger partial charge in [0.1, 0.15) is 0 Å². The van der Waals surface area contributed by atoms with Crippen molar-refractivity contribution in [1.82, 2.24) is 5.32 Å². The Morgan fingerprint density at radius 1 is 1.47 bits per heavy atom. The van der Waals surface area contributed by atoms with Gasteiger partial charge in [-0.3, -0.25) is 4.79 Å². The molecule has 0 spiro atoms. The van der Waals surface area contributed by atoms with E-state index in [4.69, 9.17) is 10.9 Å². The first-order valence-corrected chi connectivity index (χ1v) is 4.93. The molecule has 1 rings (SSSR count). The maximum absolute atomic E-state index is 11.5. The average Bonchev–Trinajstić information content (AvgIpc) is 2.26. The summed E-state index contributed by atoms with van der Waals surface area (Å²) in [6.07, 6.45) is 0. The van der Waals surface area contributed by atoms with Crippen molar-refractivity contribution in [1.29, 1.82) is 0 Å². The number of hydrogen-bond acceptors (Lipinski definition) is 3. The van der Waals surface area contributed by atoms with Gasteiger partial charge in [-0.2, -0.15) is 0 Å². The van der Waals surface area contributed by atoms with Crippen molar-refractivity contribution in [2.75, 3.05) is 6.54 Å². The molecular formula is C9H10BrN3O2. The lowest BCUT2D eigenvalue weighted by Crippen LogP contribution is -2.33. The average molecular weight is 272 g/mol. The molecule has 1 aromatic rings. The molecule has 0 aromatic heterocycles. The van der Waals surface area contributed by atoms with Crippen LogP contribution >= 0.6 is 15.9 Å². The van der Waals surface area contributed by atoms with Gasteiger partial charge in [-0.1, -0.05) is 21.1 Å². The quantitative estimate of drug-likeness (QED) is 0.331. The standard InChI is InChI=1S/C9H10BrN3O2/c10-7-3-1-6(2-4-7)9(14)12-5-8(11)13-15/h1-4,15H,5H2,(H2,11,13)(H,12,14). The molecule has 0 fully saturated rings. The van der Waals surface area contributed by atoms with Crippen LogP contribution in [-0.4, -0.2) is 23.5 Å². The molecule has 0 aliphatic heterocycles. The van der Waals surface area contributed by atoms with Gasteiger partial charge in [-0.15, -0.1) is 0 Å². The number of rotatable bonds is 3. The second-order valence-electron chi connectivity index (χ2n) is 2.78. The van der Waals surface area contributed by atoms with E-state index in [0.29, 0.717) is 5.56 Å². The second-order valence-corrected chi connectivity index (χ2v) is 3.70. The monoisotopic (exact) mass is 271 g/mol. The molecule has 0 aliphatic carbocycles. The molecule has 0 heterocycles. The summed E-state index contributed by atoms with van der Waals surface area (Å²) in [5.74, 6) is -0.311. The van der Waals surface area contributed by atoms with Gasteiger partial charge in [0.25, 0.3) is 5.91 Å². The summed E-state index contributed by atoms with van der Waals surface area (Å²) in [6.45, 7) is 0.0192. The Labute approximate surface area is 95.1 Å². The number of amidine groups is 1. The van der Waals surface area contributed by atoms with Crippen LogP contribution in [0.5, 0.6) is 0 Å². The summed E-state index contributed by atoms with van der Waals surface area (Å²) >= 11 is 3.26. The predicted octanol–water partition coefficient (Wildman–Crippen LogP) is 0.925. The number of carbonyl (C=O) groups excluding carboxylic acids is 1. The Morgan fingerprint density at radius 3 is 2.60 bits per heavy atom. The maximum Gasteiger partial charge on any atom is 0.251 e. The predicted molar refractivity (Wildman–Crippen MR) is 59.9 cm³/mol. The van der Waals surface area contributed by atoms with Gasteiger partial charge >= 0.3 is 0 Å². The zero-order chi connectivity index (χ0) is 11.3. The molecule has 80 valence electrons. The summed E-state index contributed by atoms with van der Waals surface area (Å²) in [5.41, 5.74) is 5.72. The SMILES string of the molecule is N/C(CNC(=O)c1ccc(Br)cc1)=N\O. The first kappa shape index (κ1) is 11.5. The lowest BCUT2D eigenvalue weighted by Gasteiger charge is -2.03. The lowest BCUT2D eigenvalue weighted by molar-refractivity contribution is 0.0959. The third-order valence-corrected chi connectivity index (χ3v) is 2.19. The minimum absolute atomic E-state index is 0.0192. The van der Waals surface area contributed by atoms with Gasteiger partial charge < -0.3 is 16.3 Å². The molecule has 6 heteroatoms. The number of halogens is 1. The molecule has 0 unspecified atom stereocenters. The van der Waals surface area contributed by atoms with Crippen LogP contribution in [0.3, 0.4) is 0 Å². The van der Waals surface area contributed by atoms with E-state index in [1.54, 1.807) is 24.3 Å². The van der Waals surface area contributed by atoms with E-state index >= 15 is 0 Å². The maximum atomic E-state index is 11.5. The van der Waals surface area contributed by atoms with Crippen LogP contribution in [-0.2, 0) is 0 Å². The summed E-state index contributed by atoms with van der Waals surface area (Å²) in [7, 11) is 0. The summed E-state index contributed by atoms with van der Waals surface area (Å²) in [5, 5.41) is 13.5. The van der Waals surface area contributed by atoms with E-state index < -0.39 is 0 Å². The number of carbonyl (C=O) groups is 1. The van der Waals surface area contributed by atoms with E-state index in [1.807, 2.05) is 0 Å². The van der Waals surface area contributed by atoms with Crippen molar-refractivity contribution >= 4 is 27.7 Å². The van der Waals surface area contributed by atoms with Crippen LogP contribution in [0.2, 0.25) is 0 Å². The van der Waals surface area contributed by atoms with Gasteiger partial charge in [0.05, 0.1) is 6.54 Å². The molecule has 4 N–H and O–H groups in total. The summed E-state index contributed by atoms with van der Waals surface area (Å²) in [4.78, 5) is 11.5. The van der Waals surface area contributed by atoms with Crippen molar-refractivity contribution in [3.8, 4) is 0 Å². The normalized spacial score (nSPS) is 11.1. The fourth-order valence-electron chi connectivity index (χ4n) is 0.910. The van der Waals surface area contributed by atoms with Crippen molar-refractivity contribution in [2.24, 2.45) is 10.9 Å². The Morgan fingerprint density at radius 2 is 2.07 bits per heavy atom. The number of benzene rings is 1. The van der Waals surface area contributed by atoms with Gasteiger partial charge in [0, 0.05) is 10.0 Å². The molecule has 1 aromatic carbocycles. The molecular weight excluding hydrogens is 262 g/mol. The number of nitrogens with two attached hydrogens (primary N) is 1. The number of nitrogens with zero attached hydrogens (tertiary/aromatic N) is 1. The summed E-state index contributed by atoms with van der Waals surface area (Å²) in [6, 6.07) is 6.87. The second kappa shape index (κ2) is 5.35. The third-order valence-electron chi connectivity index (χ3n) is 1.66. The van der Waals surface area contributed by atoms with Crippen molar-refractivity contribution < 1.29 is 10.0 Å². The Hall–Kier alpha value is -1.56. The molecule has 0 saturated carbocycles. The van der Waals surface area contributed by atoms with Crippen molar-refractivity contribution in [3.63, 3.8) is 0 Å². The van der Waals surface area contributed by atoms with Crippen LogP contribution in [0.15, 0.2) is 33.9 Å². The van der Waals surface area contributed by atoms with Crippen molar-refractivity contribution in [2.45, 2.75) is 0 Å². The Bertz CT molecular complexity index is 375. The number of oxime groups is 1. The highest BCUT2D eigenvalue weighted by atomic mass is 79.9. The minimum atomic E-state index is -0.269. The van der Waals surface area contributed by atoms with Gasteiger partial charge in [-0.05, 0) is 24.3 Å². The molecule has 5 nitrogen and oxygen atoms in total. The van der Waals surface area contributed by atoms with Crippen LogP contribution in [0.1, 0.15) is 10.4 Å². The zero-order valence-electron chi connectivity index (χ0n) is 7.77. The third kappa shape index (κ3) is 3.59. The van der Waals surface area contributed by atoms with E-state index in [9.17, 15) is 4.79 Å². The molecule has 0 radical (unpaired) electrons. The number of amides is 1. The smallest absolute Gasteiger partial charge is 0.251 e. The first-order valence-electron chi connectivity index (χ1n) is 4.13. The highest BCUT2D eigenvalue weighted by molar-refractivity contribution is 9.10. The van der Waals surface area contributed by atoms with E-state index in [-0.39, 0.29) is 18.3 Å². The van der Waals surface area contributed by atoms with Crippen LogP contribution in [0.25, 0.3) is 0 Å². The Kier molecular flexibility index (Phi) is 4.11. The molecule has 0 saturated heterocycles. The fraction of sp³-hybridized carbons (Fsp3) is 0.111. The molecule has 0 aliphatic rings. The van der Waals surface area contributed by atoms with Gasteiger partial charge in [0.15, 0.2) is 5.84 Å². The lowest BCUT2D eigenvalue weighted by atomic mass is 10.2. The van der Waals surface area contributed by atoms with Crippen molar-refractivity contribution in [3.05, 3.63) is 34.3 Å². The van der Waals surface area contributed by atoms with E-state index in [2.05, 4.69) is 26.4 Å². The fourth-order valence-corrected chi connectivity index (χ4v) is 1.17. The topological polar surface area (TPSA) is 87.7 Å². The molecule has 0 atom stereocenters. The van der Waals surface area contributed by atoms with Crippen LogP contribution in [0, 0.1) is 0 Å². The molecule has 1 amide bonds. The van der Waals surface area contributed by atoms with Gasteiger partial charge in [-0.25, -0.2) is 0 Å².